The van der Waals surface area contributed by atoms with Crippen LogP contribution in [0.15, 0.2) is 36.4 Å². The van der Waals surface area contributed by atoms with Crippen LogP contribution in [0, 0.1) is 5.92 Å². The second-order valence-corrected chi connectivity index (χ2v) is 11.6. The Balaban J connectivity index is 2.49. The molecule has 0 aliphatic carbocycles. The maximum Gasteiger partial charge on any atom is 0.251 e. The fourth-order valence-corrected chi connectivity index (χ4v) is 4.85. The molecule has 2 rings (SSSR count). The zero-order valence-corrected chi connectivity index (χ0v) is 14.9. The van der Waals surface area contributed by atoms with Gasteiger partial charge in [0.15, 0.2) is 0 Å². The number of aromatic hydroxyl groups is 1. The van der Waals surface area contributed by atoms with E-state index in [2.05, 4.69) is 40.8 Å². The Labute approximate surface area is 128 Å². The standard InChI is InChI=1S/C18H26O2Si/c1-13(2)18(3,4)21(5,6)20-16-12-8-10-14-9-7-11-15(19)17(14)16/h7-13,19H,1-6H3. The summed E-state index contributed by atoms with van der Waals surface area (Å²) in [7, 11) is -1.99. The highest BCUT2D eigenvalue weighted by Crippen LogP contribution is 2.46. The second-order valence-electron chi connectivity index (χ2n) is 7.12. The van der Waals surface area contributed by atoms with Crippen molar-refractivity contribution in [1.82, 2.24) is 0 Å². The van der Waals surface area contributed by atoms with Crippen LogP contribution in [0.2, 0.25) is 18.1 Å². The Hall–Kier alpha value is -1.48. The van der Waals surface area contributed by atoms with Crippen molar-refractivity contribution < 1.29 is 9.53 Å². The quantitative estimate of drug-likeness (QED) is 0.749. The molecule has 1 N–H and O–H groups in total. The van der Waals surface area contributed by atoms with Crippen LogP contribution < -0.4 is 4.43 Å². The van der Waals surface area contributed by atoms with Gasteiger partial charge in [-0.1, -0.05) is 52.0 Å². The highest BCUT2D eigenvalue weighted by Gasteiger charge is 2.45. The van der Waals surface area contributed by atoms with Gasteiger partial charge in [0.2, 0.25) is 0 Å². The maximum absolute atomic E-state index is 10.2. The van der Waals surface area contributed by atoms with Gasteiger partial charge in [-0.05, 0) is 41.6 Å². The summed E-state index contributed by atoms with van der Waals surface area (Å²) >= 11 is 0. The van der Waals surface area contributed by atoms with E-state index in [4.69, 9.17) is 4.43 Å². The minimum Gasteiger partial charge on any atom is -0.543 e. The van der Waals surface area contributed by atoms with Crippen LogP contribution in [0.3, 0.4) is 0 Å². The van der Waals surface area contributed by atoms with Crippen LogP contribution in [0.5, 0.6) is 11.5 Å². The van der Waals surface area contributed by atoms with E-state index in [-0.39, 0.29) is 10.8 Å². The SMILES string of the molecule is CC(C)C(C)(C)[Si](C)(C)Oc1cccc2cccc(O)c12. The lowest BCUT2D eigenvalue weighted by Gasteiger charge is -2.42. The van der Waals surface area contributed by atoms with Gasteiger partial charge in [0.05, 0.1) is 5.39 Å². The summed E-state index contributed by atoms with van der Waals surface area (Å²) in [5.74, 6) is 1.63. The van der Waals surface area contributed by atoms with Gasteiger partial charge in [-0.15, -0.1) is 0 Å². The molecule has 0 radical (unpaired) electrons. The van der Waals surface area contributed by atoms with Crippen LogP contribution in [0.1, 0.15) is 27.7 Å². The fourth-order valence-electron chi connectivity index (χ4n) is 2.47. The van der Waals surface area contributed by atoms with Gasteiger partial charge in [-0.2, -0.15) is 0 Å². The minimum atomic E-state index is -1.99. The van der Waals surface area contributed by atoms with E-state index < -0.39 is 8.32 Å². The molecule has 2 aromatic rings. The molecule has 0 unspecified atom stereocenters. The molecule has 0 spiro atoms. The number of rotatable bonds is 4. The molecule has 0 amide bonds. The summed E-state index contributed by atoms with van der Waals surface area (Å²) in [4.78, 5) is 0. The summed E-state index contributed by atoms with van der Waals surface area (Å²) in [5.41, 5.74) is 0. The first-order valence-electron chi connectivity index (χ1n) is 7.56. The summed E-state index contributed by atoms with van der Waals surface area (Å²) in [6.45, 7) is 13.6. The minimum absolute atomic E-state index is 0.138. The van der Waals surface area contributed by atoms with Crippen LogP contribution in [-0.2, 0) is 0 Å². The number of benzene rings is 2. The largest absolute Gasteiger partial charge is 0.543 e. The molecule has 0 heterocycles. The van der Waals surface area contributed by atoms with Gasteiger partial charge in [0.25, 0.3) is 8.32 Å². The average Bonchev–Trinajstić information content (AvgIpc) is 2.38. The van der Waals surface area contributed by atoms with Crippen molar-refractivity contribution >= 4 is 19.1 Å². The van der Waals surface area contributed by atoms with E-state index in [1.54, 1.807) is 6.07 Å². The van der Waals surface area contributed by atoms with Crippen molar-refractivity contribution in [3.05, 3.63) is 36.4 Å². The zero-order chi connectivity index (χ0) is 15.8. The molecule has 0 aliphatic rings. The van der Waals surface area contributed by atoms with Crippen molar-refractivity contribution in [2.75, 3.05) is 0 Å². The molecular formula is C18H26O2Si. The third kappa shape index (κ3) is 2.79. The number of hydrogen-bond donors (Lipinski definition) is 1. The highest BCUT2D eigenvalue weighted by atomic mass is 28.4. The highest BCUT2D eigenvalue weighted by molar-refractivity contribution is 6.75. The number of phenols is 1. The van der Waals surface area contributed by atoms with Crippen molar-refractivity contribution in [2.45, 2.75) is 45.8 Å². The van der Waals surface area contributed by atoms with Crippen LogP contribution in [0.4, 0.5) is 0 Å². The molecule has 21 heavy (non-hydrogen) atoms. The van der Waals surface area contributed by atoms with Gasteiger partial charge in [0.1, 0.15) is 11.5 Å². The molecule has 0 atom stereocenters. The maximum atomic E-state index is 10.2. The van der Waals surface area contributed by atoms with E-state index in [1.807, 2.05) is 30.3 Å². The Morgan fingerprint density at radius 1 is 1.05 bits per heavy atom. The third-order valence-corrected chi connectivity index (χ3v) is 9.62. The van der Waals surface area contributed by atoms with E-state index in [0.29, 0.717) is 5.92 Å². The summed E-state index contributed by atoms with van der Waals surface area (Å²) < 4.78 is 6.50. The predicted molar refractivity (Wildman–Crippen MR) is 92.6 cm³/mol. The second kappa shape index (κ2) is 5.37. The van der Waals surface area contributed by atoms with Crippen LogP contribution >= 0.6 is 0 Å². The predicted octanol–water partition coefficient (Wildman–Crippen LogP) is 5.57. The molecule has 2 nitrogen and oxygen atoms in total. The molecule has 0 saturated carbocycles. The lowest BCUT2D eigenvalue weighted by Crippen LogP contribution is -2.47. The fraction of sp³-hybridized carbons (Fsp3) is 0.444. The third-order valence-electron chi connectivity index (χ3n) is 5.20. The molecule has 3 heteroatoms. The van der Waals surface area contributed by atoms with Crippen molar-refractivity contribution in [1.29, 1.82) is 0 Å². The van der Waals surface area contributed by atoms with Crippen molar-refractivity contribution in [3.8, 4) is 11.5 Å². The molecule has 114 valence electrons. The average molecular weight is 302 g/mol. The first-order chi connectivity index (χ1) is 9.67. The zero-order valence-electron chi connectivity index (χ0n) is 13.9. The normalized spacial score (nSPS) is 12.9. The van der Waals surface area contributed by atoms with Gasteiger partial charge >= 0.3 is 0 Å². The van der Waals surface area contributed by atoms with Gasteiger partial charge < -0.3 is 9.53 Å². The van der Waals surface area contributed by atoms with Crippen LogP contribution in [0.25, 0.3) is 10.8 Å². The van der Waals surface area contributed by atoms with Gasteiger partial charge in [-0.25, -0.2) is 0 Å². The van der Waals surface area contributed by atoms with E-state index in [1.165, 1.54) is 0 Å². The van der Waals surface area contributed by atoms with E-state index in [0.717, 1.165) is 16.5 Å². The lowest BCUT2D eigenvalue weighted by molar-refractivity contribution is 0.394. The summed E-state index contributed by atoms with van der Waals surface area (Å²) in [6, 6.07) is 11.5. The Morgan fingerprint density at radius 3 is 2.19 bits per heavy atom. The Bertz CT molecular complexity index is 639. The smallest absolute Gasteiger partial charge is 0.251 e. The van der Waals surface area contributed by atoms with Gasteiger partial charge in [-0.3, -0.25) is 0 Å². The van der Waals surface area contributed by atoms with Crippen LogP contribution in [-0.4, -0.2) is 13.4 Å². The monoisotopic (exact) mass is 302 g/mol. The molecule has 0 aromatic heterocycles. The van der Waals surface area contributed by atoms with E-state index >= 15 is 0 Å². The Morgan fingerprint density at radius 2 is 1.62 bits per heavy atom. The number of fused-ring (bicyclic) bond motifs is 1. The molecule has 0 aliphatic heterocycles. The van der Waals surface area contributed by atoms with Crippen molar-refractivity contribution in [2.24, 2.45) is 5.92 Å². The first-order valence-corrected chi connectivity index (χ1v) is 10.5. The molecule has 0 fully saturated rings. The molecule has 0 saturated heterocycles. The molecular weight excluding hydrogens is 276 g/mol. The number of hydrogen-bond acceptors (Lipinski definition) is 2. The lowest BCUT2D eigenvalue weighted by atomic mass is 9.99. The number of phenolic OH excluding ortho intramolecular Hbond substituents is 1. The van der Waals surface area contributed by atoms with E-state index in [9.17, 15) is 5.11 Å². The van der Waals surface area contributed by atoms with Crippen molar-refractivity contribution in [3.63, 3.8) is 0 Å². The topological polar surface area (TPSA) is 29.5 Å². The molecule has 2 aromatic carbocycles. The molecule has 0 bridgehead atoms. The summed E-state index contributed by atoms with van der Waals surface area (Å²) in [6.07, 6.45) is 0. The first kappa shape index (κ1) is 15.9. The summed E-state index contributed by atoms with van der Waals surface area (Å²) in [5, 5.41) is 12.2. The Kier molecular flexibility index (Phi) is 4.07. The van der Waals surface area contributed by atoms with Gasteiger partial charge in [0, 0.05) is 0 Å².